The van der Waals surface area contributed by atoms with Crippen LogP contribution in [0, 0.1) is 10.8 Å². The van der Waals surface area contributed by atoms with Gasteiger partial charge >= 0.3 is 130 Å². The SMILES string of the molecule is C1C[SiH2]C1.CC(C)(C)C1=CC[C]([Zr+2][C]2=CC(C(C)(C)C)=CC2)=C1.[Cl-].[Cl-]. The molecule has 3 aliphatic rings. The van der Waals surface area contributed by atoms with E-state index in [1.165, 1.54) is 12.8 Å². The van der Waals surface area contributed by atoms with Crippen LogP contribution in [-0.2, 0) is 23.2 Å². The second-order valence-electron chi connectivity index (χ2n) is 9.11. The van der Waals surface area contributed by atoms with E-state index >= 15 is 0 Å². The molecule has 0 bridgehead atoms. The number of hydrogen-bond donors (Lipinski definition) is 0. The van der Waals surface area contributed by atoms with Crippen molar-refractivity contribution < 1.29 is 48.0 Å². The van der Waals surface area contributed by atoms with E-state index in [9.17, 15) is 0 Å². The fourth-order valence-corrected chi connectivity index (χ4v) is 6.36. The van der Waals surface area contributed by atoms with Crippen LogP contribution in [-0.4, -0.2) is 9.52 Å². The van der Waals surface area contributed by atoms with Crippen molar-refractivity contribution >= 4 is 9.52 Å². The van der Waals surface area contributed by atoms with E-state index in [1.807, 2.05) is 0 Å². The van der Waals surface area contributed by atoms with Crippen LogP contribution in [0.3, 0.4) is 0 Å². The Morgan fingerprint density at radius 2 is 1.08 bits per heavy atom. The van der Waals surface area contributed by atoms with Crippen LogP contribution >= 0.6 is 0 Å². The molecular formula is C21H34Cl2SiZr. The molecule has 0 N–H and O–H groups in total. The summed E-state index contributed by atoms with van der Waals surface area (Å²) in [6.45, 7) is 13.9. The van der Waals surface area contributed by atoms with Crippen molar-refractivity contribution in [3.05, 3.63) is 42.0 Å². The van der Waals surface area contributed by atoms with Gasteiger partial charge in [-0.25, -0.2) is 0 Å². The first-order valence-corrected chi connectivity index (χ1v) is 13.7. The van der Waals surface area contributed by atoms with E-state index in [0.29, 0.717) is 20.3 Å². The predicted octanol–water partition coefficient (Wildman–Crippen LogP) is -0.00740. The summed E-state index contributed by atoms with van der Waals surface area (Å²) in [7, 11) is 0.605. The number of halogens is 2. The van der Waals surface area contributed by atoms with E-state index < -0.39 is 23.2 Å². The summed E-state index contributed by atoms with van der Waals surface area (Å²) < 4.78 is 3.51. The van der Waals surface area contributed by atoms with E-state index in [-0.39, 0.29) is 24.8 Å². The molecule has 0 saturated carbocycles. The summed E-state index contributed by atoms with van der Waals surface area (Å²) in [6.07, 6.45) is 13.9. The molecule has 0 nitrogen and oxygen atoms in total. The fourth-order valence-electron chi connectivity index (χ4n) is 2.73. The van der Waals surface area contributed by atoms with Gasteiger partial charge in [0, 0.05) is 9.52 Å². The minimum atomic E-state index is -0.501. The Kier molecular flexibility index (Phi) is 11.1. The number of rotatable bonds is 2. The summed E-state index contributed by atoms with van der Waals surface area (Å²) in [5.41, 5.74) is 3.73. The summed E-state index contributed by atoms with van der Waals surface area (Å²) in [4.78, 5) is 0. The molecule has 1 saturated heterocycles. The average Bonchev–Trinajstić information content (AvgIpc) is 2.94. The monoisotopic (exact) mass is 474 g/mol. The third-order valence-electron chi connectivity index (χ3n) is 4.80. The Bertz CT molecular complexity index is 503. The molecule has 1 aliphatic heterocycles. The van der Waals surface area contributed by atoms with E-state index in [0.717, 1.165) is 0 Å². The van der Waals surface area contributed by atoms with Crippen LogP contribution in [0.5, 0.6) is 0 Å². The normalized spacial score (nSPS) is 18.8. The van der Waals surface area contributed by atoms with Crippen LogP contribution in [0.15, 0.2) is 42.0 Å². The molecule has 0 radical (unpaired) electrons. The van der Waals surface area contributed by atoms with Crippen LogP contribution in [0.25, 0.3) is 0 Å². The zero-order valence-corrected chi connectivity index (χ0v) is 22.2. The fraction of sp³-hybridized carbons (Fsp3) is 0.619. The molecule has 0 unspecified atom stereocenters. The molecule has 0 aromatic carbocycles. The molecule has 2 aliphatic carbocycles. The first kappa shape index (κ1) is 25.6. The van der Waals surface area contributed by atoms with Gasteiger partial charge in [-0.05, 0) is 0 Å². The first-order chi connectivity index (χ1) is 10.7. The van der Waals surface area contributed by atoms with Crippen LogP contribution in [0.1, 0.15) is 60.8 Å². The Hall–Kier alpha value is 0.640. The van der Waals surface area contributed by atoms with Gasteiger partial charge in [0.15, 0.2) is 0 Å². The summed E-state index contributed by atoms with van der Waals surface area (Å²) >= 11 is -0.501. The molecule has 25 heavy (non-hydrogen) atoms. The second-order valence-corrected chi connectivity index (χ2v) is 15.0. The van der Waals surface area contributed by atoms with Gasteiger partial charge in [-0.2, -0.15) is 0 Å². The minimum absolute atomic E-state index is 0. The Morgan fingerprint density at radius 1 is 0.760 bits per heavy atom. The Morgan fingerprint density at radius 3 is 1.28 bits per heavy atom. The van der Waals surface area contributed by atoms with Gasteiger partial charge in [0.25, 0.3) is 0 Å². The predicted molar refractivity (Wildman–Crippen MR) is 103 cm³/mol. The van der Waals surface area contributed by atoms with E-state index in [1.54, 1.807) is 36.2 Å². The van der Waals surface area contributed by atoms with Crippen molar-refractivity contribution in [2.45, 2.75) is 72.9 Å². The van der Waals surface area contributed by atoms with Crippen molar-refractivity contribution in [2.75, 3.05) is 0 Å². The first-order valence-electron chi connectivity index (χ1n) is 9.26. The van der Waals surface area contributed by atoms with Gasteiger partial charge in [0.1, 0.15) is 0 Å². The molecule has 0 aromatic rings. The van der Waals surface area contributed by atoms with Gasteiger partial charge in [0.2, 0.25) is 0 Å². The summed E-state index contributed by atoms with van der Waals surface area (Å²) in [6, 6.07) is 3.28. The molecule has 3 rings (SSSR count). The van der Waals surface area contributed by atoms with Crippen molar-refractivity contribution in [1.29, 1.82) is 0 Å². The molecule has 140 valence electrons. The van der Waals surface area contributed by atoms with Crippen LogP contribution in [0.4, 0.5) is 0 Å². The molecule has 1 fully saturated rings. The molecule has 0 spiro atoms. The molecule has 1 heterocycles. The van der Waals surface area contributed by atoms with Crippen molar-refractivity contribution in [1.82, 2.24) is 0 Å². The minimum Gasteiger partial charge on any atom is -1.00 e. The maximum absolute atomic E-state index is 2.50. The zero-order valence-electron chi connectivity index (χ0n) is 16.8. The van der Waals surface area contributed by atoms with Crippen molar-refractivity contribution in [3.8, 4) is 0 Å². The number of allylic oxidation sites excluding steroid dienone is 8. The molecule has 4 heteroatoms. The van der Waals surface area contributed by atoms with Crippen LogP contribution < -0.4 is 24.8 Å². The standard InChI is InChI=1S/2C9H13.C3H8Si.2ClH.Zr/c2*1-9(2,3)8-6-4-5-7-8;1-2-4-3-1;;;/h2*6-7H,4H2,1-3H3;1-4H2;2*1H;/q;;;;;+2/p-2. The maximum Gasteiger partial charge on any atom is -1.00 e. The Balaban J connectivity index is 0.000000846. The maximum atomic E-state index is 2.50. The van der Waals surface area contributed by atoms with Crippen molar-refractivity contribution in [3.63, 3.8) is 0 Å². The van der Waals surface area contributed by atoms with Gasteiger partial charge in [-0.15, -0.1) is 0 Å². The molecule has 0 amide bonds. The Labute approximate surface area is 182 Å². The summed E-state index contributed by atoms with van der Waals surface area (Å²) in [5, 5.41) is 0. The average molecular weight is 477 g/mol. The van der Waals surface area contributed by atoms with Crippen molar-refractivity contribution in [2.24, 2.45) is 10.8 Å². The van der Waals surface area contributed by atoms with Gasteiger partial charge in [-0.3, -0.25) is 0 Å². The second kappa shape index (κ2) is 10.8. The largest absolute Gasteiger partial charge is 1.00 e. The van der Waals surface area contributed by atoms with Gasteiger partial charge in [-0.1, -0.05) is 18.5 Å². The molecule has 0 atom stereocenters. The summed E-state index contributed by atoms with van der Waals surface area (Å²) in [5.74, 6) is 0. The quantitative estimate of drug-likeness (QED) is 0.492. The van der Waals surface area contributed by atoms with Gasteiger partial charge < -0.3 is 24.8 Å². The third-order valence-corrected chi connectivity index (χ3v) is 10.1. The topological polar surface area (TPSA) is 0 Å². The molecule has 0 aromatic heterocycles. The smallest absolute Gasteiger partial charge is 1.00 e. The van der Waals surface area contributed by atoms with E-state index in [4.69, 9.17) is 0 Å². The van der Waals surface area contributed by atoms with Crippen LogP contribution in [0.2, 0.25) is 12.1 Å². The van der Waals surface area contributed by atoms with Gasteiger partial charge in [0.05, 0.1) is 0 Å². The number of hydrogen-bond acceptors (Lipinski definition) is 0. The third kappa shape index (κ3) is 8.46. The zero-order chi connectivity index (χ0) is 17.1. The molecular weight excluding hydrogens is 442 g/mol. The van der Waals surface area contributed by atoms with E-state index in [2.05, 4.69) is 65.8 Å².